The van der Waals surface area contributed by atoms with Crippen LogP contribution < -0.4 is 23.8 Å². The summed E-state index contributed by atoms with van der Waals surface area (Å²) in [5.74, 6) is 0.935. The third-order valence-electron chi connectivity index (χ3n) is 5.24. The minimum absolute atomic E-state index is 0.0644. The van der Waals surface area contributed by atoms with Crippen molar-refractivity contribution < 1.29 is 27.4 Å². The fourth-order valence-corrected chi connectivity index (χ4v) is 5.25. The van der Waals surface area contributed by atoms with E-state index in [1.807, 2.05) is 0 Å². The third-order valence-corrected chi connectivity index (χ3v) is 7.28. The number of amides is 1. The molecule has 3 aromatic carbocycles. The second-order valence-electron chi connectivity index (χ2n) is 7.41. The number of benzene rings is 3. The summed E-state index contributed by atoms with van der Waals surface area (Å²) in [5, 5.41) is 3.20. The molecule has 0 unspecified atom stereocenters. The van der Waals surface area contributed by atoms with Gasteiger partial charge in [0.05, 0.1) is 17.1 Å². The number of hydrogen-bond acceptors (Lipinski definition) is 6. The van der Waals surface area contributed by atoms with E-state index in [4.69, 9.17) is 25.8 Å². The van der Waals surface area contributed by atoms with E-state index in [1.54, 1.807) is 42.5 Å². The predicted molar refractivity (Wildman–Crippen MR) is 123 cm³/mol. The van der Waals surface area contributed by atoms with E-state index in [1.165, 1.54) is 28.6 Å². The summed E-state index contributed by atoms with van der Waals surface area (Å²) in [7, 11) is -3.97. The molecule has 0 aromatic heterocycles. The maximum atomic E-state index is 13.4. The van der Waals surface area contributed by atoms with Crippen LogP contribution in [0.3, 0.4) is 0 Å². The molecule has 0 saturated heterocycles. The van der Waals surface area contributed by atoms with Crippen molar-refractivity contribution in [1.29, 1.82) is 0 Å². The van der Waals surface area contributed by atoms with Gasteiger partial charge in [0.25, 0.3) is 15.9 Å². The van der Waals surface area contributed by atoms with E-state index in [0.717, 1.165) is 0 Å². The van der Waals surface area contributed by atoms with Crippen molar-refractivity contribution in [3.05, 3.63) is 71.8 Å². The molecular formula is C23H19ClN2O6S. The molecule has 5 rings (SSSR count). The summed E-state index contributed by atoms with van der Waals surface area (Å²) >= 11 is 5.92. The Labute approximate surface area is 195 Å². The minimum atomic E-state index is -3.97. The van der Waals surface area contributed by atoms with Gasteiger partial charge in [-0.05, 0) is 48.5 Å². The Kier molecular flexibility index (Phi) is 5.51. The van der Waals surface area contributed by atoms with Crippen molar-refractivity contribution in [2.24, 2.45) is 0 Å². The molecule has 0 bridgehead atoms. The number of anilines is 2. The number of nitrogens with one attached hydrogen (secondary N) is 1. The van der Waals surface area contributed by atoms with Crippen molar-refractivity contribution in [2.45, 2.75) is 11.0 Å². The van der Waals surface area contributed by atoms with Gasteiger partial charge in [-0.15, -0.1) is 0 Å². The van der Waals surface area contributed by atoms with Gasteiger partial charge in [-0.3, -0.25) is 9.10 Å². The molecule has 3 aromatic rings. The molecular weight excluding hydrogens is 468 g/mol. The topological polar surface area (TPSA) is 94.2 Å². The van der Waals surface area contributed by atoms with Crippen molar-refractivity contribution in [2.75, 3.05) is 29.4 Å². The Hall–Kier alpha value is -3.43. The highest BCUT2D eigenvalue weighted by atomic mass is 35.5. The van der Waals surface area contributed by atoms with Gasteiger partial charge in [-0.2, -0.15) is 0 Å². The van der Waals surface area contributed by atoms with Crippen LogP contribution in [0, 0.1) is 0 Å². The highest BCUT2D eigenvalue weighted by molar-refractivity contribution is 7.92. The monoisotopic (exact) mass is 486 g/mol. The first-order valence-electron chi connectivity index (χ1n) is 10.2. The first-order valence-corrected chi connectivity index (χ1v) is 12.0. The Morgan fingerprint density at radius 2 is 1.67 bits per heavy atom. The number of carbonyl (C=O) groups is 1. The van der Waals surface area contributed by atoms with Crippen molar-refractivity contribution in [3.63, 3.8) is 0 Å². The Morgan fingerprint density at radius 3 is 2.45 bits per heavy atom. The van der Waals surface area contributed by atoms with Crippen molar-refractivity contribution >= 4 is 38.9 Å². The maximum absolute atomic E-state index is 13.4. The number of nitrogens with zero attached hydrogens (tertiary/aromatic N) is 1. The molecule has 8 nitrogen and oxygen atoms in total. The van der Waals surface area contributed by atoms with Crippen LogP contribution in [-0.2, 0) is 14.8 Å². The molecule has 0 radical (unpaired) electrons. The van der Waals surface area contributed by atoms with Crippen LogP contribution in [0.2, 0.25) is 5.02 Å². The number of carbonyl (C=O) groups excluding carboxylic acids is 1. The number of rotatable bonds is 4. The van der Waals surface area contributed by atoms with E-state index in [-0.39, 0.29) is 11.4 Å². The molecule has 0 saturated carbocycles. The normalized spacial score (nSPS) is 17.0. The zero-order chi connectivity index (χ0) is 23.0. The average molecular weight is 487 g/mol. The first-order chi connectivity index (χ1) is 15.9. The zero-order valence-corrected chi connectivity index (χ0v) is 18.8. The lowest BCUT2D eigenvalue weighted by molar-refractivity contribution is -0.122. The number of sulfonamides is 1. The van der Waals surface area contributed by atoms with Crippen LogP contribution in [0.4, 0.5) is 11.4 Å². The molecule has 0 fully saturated rings. The Morgan fingerprint density at radius 1 is 0.939 bits per heavy atom. The van der Waals surface area contributed by atoms with Gasteiger partial charge in [-0.25, -0.2) is 8.42 Å². The van der Waals surface area contributed by atoms with E-state index in [0.29, 0.717) is 46.9 Å². The lowest BCUT2D eigenvalue weighted by Crippen LogP contribution is -2.48. The SMILES string of the molecule is O=C(Nc1ccc2c(c1)OCCO2)[C@@H]1CN(S(=O)(=O)c2ccc(Cl)cc2)c2ccccc2O1. The van der Waals surface area contributed by atoms with E-state index in [2.05, 4.69) is 5.32 Å². The largest absolute Gasteiger partial charge is 0.486 e. The summed E-state index contributed by atoms with van der Waals surface area (Å²) in [6.45, 7) is 0.689. The van der Waals surface area contributed by atoms with Crippen LogP contribution in [0.25, 0.3) is 0 Å². The molecule has 2 aliphatic rings. The molecule has 0 spiro atoms. The van der Waals surface area contributed by atoms with Gasteiger partial charge < -0.3 is 19.5 Å². The number of hydrogen-bond donors (Lipinski definition) is 1. The summed E-state index contributed by atoms with van der Waals surface area (Å²) in [6, 6.07) is 17.6. The lowest BCUT2D eigenvalue weighted by Gasteiger charge is -2.34. The molecule has 2 aliphatic heterocycles. The Balaban J connectivity index is 1.43. The highest BCUT2D eigenvalue weighted by Gasteiger charge is 2.37. The number of para-hydroxylation sites is 2. The standard InChI is InChI=1S/C23H19ClN2O6S/c24-15-5-8-17(9-6-15)33(28,29)26-14-22(32-19-4-2-1-3-18(19)26)23(27)25-16-7-10-20-21(13-16)31-12-11-30-20/h1-10,13,22H,11-12,14H2,(H,25,27)/t22-/m0/s1. The second-order valence-corrected chi connectivity index (χ2v) is 9.71. The zero-order valence-electron chi connectivity index (χ0n) is 17.2. The van der Waals surface area contributed by atoms with Crippen molar-refractivity contribution in [3.8, 4) is 17.2 Å². The van der Waals surface area contributed by atoms with Gasteiger partial charge in [-0.1, -0.05) is 23.7 Å². The van der Waals surface area contributed by atoms with E-state index < -0.39 is 22.0 Å². The Bertz CT molecular complexity index is 1310. The van der Waals surface area contributed by atoms with E-state index in [9.17, 15) is 13.2 Å². The molecule has 0 aliphatic carbocycles. The molecule has 2 heterocycles. The van der Waals surface area contributed by atoms with Crippen LogP contribution in [0.1, 0.15) is 0 Å². The summed E-state index contributed by atoms with van der Waals surface area (Å²) in [4.78, 5) is 13.1. The quantitative estimate of drug-likeness (QED) is 0.604. The van der Waals surface area contributed by atoms with Crippen LogP contribution in [-0.4, -0.2) is 40.2 Å². The van der Waals surface area contributed by atoms with Gasteiger partial charge in [0.2, 0.25) is 0 Å². The minimum Gasteiger partial charge on any atom is -0.486 e. The first kappa shape index (κ1) is 21.4. The summed E-state index contributed by atoms with van der Waals surface area (Å²) in [5.41, 5.74) is 0.842. The predicted octanol–water partition coefficient (Wildman–Crippen LogP) is 3.71. The molecule has 1 N–H and O–H groups in total. The van der Waals surface area contributed by atoms with Gasteiger partial charge in [0, 0.05) is 16.8 Å². The van der Waals surface area contributed by atoms with Crippen LogP contribution in [0.15, 0.2) is 71.6 Å². The third kappa shape index (κ3) is 4.17. The lowest BCUT2D eigenvalue weighted by atomic mass is 10.2. The fraction of sp³-hybridized carbons (Fsp3) is 0.174. The van der Waals surface area contributed by atoms with Gasteiger partial charge in [0.15, 0.2) is 17.6 Å². The highest BCUT2D eigenvalue weighted by Crippen LogP contribution is 2.37. The molecule has 170 valence electrons. The van der Waals surface area contributed by atoms with Crippen LogP contribution in [0.5, 0.6) is 17.2 Å². The maximum Gasteiger partial charge on any atom is 0.267 e. The van der Waals surface area contributed by atoms with Gasteiger partial charge >= 0.3 is 0 Å². The molecule has 1 atom stereocenters. The molecule has 33 heavy (non-hydrogen) atoms. The van der Waals surface area contributed by atoms with E-state index >= 15 is 0 Å². The number of ether oxygens (including phenoxy) is 3. The fourth-order valence-electron chi connectivity index (χ4n) is 3.64. The molecule has 1 amide bonds. The van der Waals surface area contributed by atoms with Gasteiger partial charge in [0.1, 0.15) is 19.0 Å². The second kappa shape index (κ2) is 8.49. The summed E-state index contributed by atoms with van der Waals surface area (Å²) in [6.07, 6.45) is -1.07. The smallest absolute Gasteiger partial charge is 0.267 e. The number of halogens is 1. The van der Waals surface area contributed by atoms with Crippen molar-refractivity contribution in [1.82, 2.24) is 0 Å². The van der Waals surface area contributed by atoms with Crippen LogP contribution >= 0.6 is 11.6 Å². The summed E-state index contributed by atoms with van der Waals surface area (Å²) < 4.78 is 44.9. The molecule has 10 heteroatoms. The average Bonchev–Trinajstić information content (AvgIpc) is 2.83. The number of fused-ring (bicyclic) bond motifs is 2.